The van der Waals surface area contributed by atoms with E-state index in [1.807, 2.05) is 4.90 Å². The van der Waals surface area contributed by atoms with Crippen LogP contribution in [0, 0.1) is 11.8 Å². The smallest absolute Gasteiger partial charge is 0.242 e. The third-order valence-corrected chi connectivity index (χ3v) is 4.87. The fraction of sp³-hybridized carbons (Fsp3) is 0.824. The van der Waals surface area contributed by atoms with Gasteiger partial charge in [-0.05, 0) is 31.1 Å². The van der Waals surface area contributed by atoms with E-state index < -0.39 is 0 Å². The van der Waals surface area contributed by atoms with Gasteiger partial charge < -0.3 is 20.9 Å². The number of carbonyl (C=O) groups is 3. The monoisotopic (exact) mass is 338 g/mol. The molecule has 7 heteroatoms. The second-order valence-electron chi connectivity index (χ2n) is 7.39. The molecule has 1 atom stereocenters. The van der Waals surface area contributed by atoms with Crippen molar-refractivity contribution in [2.45, 2.75) is 45.6 Å². The number of piperidine rings is 1. The Morgan fingerprint density at radius 1 is 1.25 bits per heavy atom. The molecule has 24 heavy (non-hydrogen) atoms. The predicted octanol–water partition coefficient (Wildman–Crippen LogP) is -0.0531. The number of carbonyl (C=O) groups excluding carboxylic acids is 3. The lowest BCUT2D eigenvalue weighted by molar-refractivity contribution is -0.144. The average Bonchev–Trinajstić information content (AvgIpc) is 2.51. The van der Waals surface area contributed by atoms with Gasteiger partial charge in [0.1, 0.15) is 0 Å². The zero-order chi connectivity index (χ0) is 17.7. The summed E-state index contributed by atoms with van der Waals surface area (Å²) in [6, 6.07) is -0.173. The van der Waals surface area contributed by atoms with Crippen molar-refractivity contribution in [3.8, 4) is 0 Å². The maximum absolute atomic E-state index is 12.5. The van der Waals surface area contributed by atoms with Crippen LogP contribution in [0.15, 0.2) is 0 Å². The van der Waals surface area contributed by atoms with Crippen molar-refractivity contribution in [3.05, 3.63) is 0 Å². The Morgan fingerprint density at radius 3 is 2.50 bits per heavy atom. The first-order chi connectivity index (χ1) is 11.4. The van der Waals surface area contributed by atoms with Gasteiger partial charge in [0, 0.05) is 32.6 Å². The molecule has 7 nitrogen and oxygen atoms in total. The second-order valence-corrected chi connectivity index (χ2v) is 7.39. The van der Waals surface area contributed by atoms with Crippen LogP contribution in [0.4, 0.5) is 0 Å². The number of nitrogens with zero attached hydrogens (tertiary/aromatic N) is 2. The van der Waals surface area contributed by atoms with Crippen LogP contribution in [0.2, 0.25) is 0 Å². The molecule has 0 aromatic carbocycles. The van der Waals surface area contributed by atoms with E-state index in [4.69, 9.17) is 5.73 Å². The Hall–Kier alpha value is -1.63. The first-order valence-corrected chi connectivity index (χ1v) is 8.95. The van der Waals surface area contributed by atoms with Gasteiger partial charge in [0.15, 0.2) is 0 Å². The number of rotatable bonds is 6. The van der Waals surface area contributed by atoms with Gasteiger partial charge >= 0.3 is 0 Å². The summed E-state index contributed by atoms with van der Waals surface area (Å²) < 4.78 is 0. The molecule has 0 bridgehead atoms. The second kappa shape index (κ2) is 8.46. The zero-order valence-electron chi connectivity index (χ0n) is 14.8. The number of likely N-dealkylation sites (tertiary alicyclic amines) is 1. The van der Waals surface area contributed by atoms with Gasteiger partial charge in [-0.3, -0.25) is 14.4 Å². The van der Waals surface area contributed by atoms with E-state index in [2.05, 4.69) is 19.2 Å². The Balaban J connectivity index is 1.81. The summed E-state index contributed by atoms with van der Waals surface area (Å²) in [5.74, 6) is 0.481. The molecule has 2 fully saturated rings. The number of nitrogens with one attached hydrogen (secondary N) is 1. The topological polar surface area (TPSA) is 95.7 Å². The predicted molar refractivity (Wildman–Crippen MR) is 90.9 cm³/mol. The van der Waals surface area contributed by atoms with Gasteiger partial charge in [-0.25, -0.2) is 0 Å². The summed E-state index contributed by atoms with van der Waals surface area (Å²) in [6.45, 7) is 6.95. The fourth-order valence-electron chi connectivity index (χ4n) is 3.54. The summed E-state index contributed by atoms with van der Waals surface area (Å²) >= 11 is 0. The highest BCUT2D eigenvalue weighted by atomic mass is 16.2. The first-order valence-electron chi connectivity index (χ1n) is 8.95. The van der Waals surface area contributed by atoms with Crippen molar-refractivity contribution in [1.29, 1.82) is 0 Å². The van der Waals surface area contributed by atoms with Crippen LogP contribution in [0.25, 0.3) is 0 Å². The summed E-state index contributed by atoms with van der Waals surface area (Å²) in [7, 11) is 0. The number of hydrogen-bond acceptors (Lipinski definition) is 4. The van der Waals surface area contributed by atoms with E-state index >= 15 is 0 Å². The van der Waals surface area contributed by atoms with Gasteiger partial charge in [0.25, 0.3) is 0 Å². The molecule has 3 amide bonds. The molecule has 0 aliphatic carbocycles. The molecular formula is C17H30N4O3. The molecule has 0 saturated carbocycles. The molecule has 2 aliphatic rings. The summed E-state index contributed by atoms with van der Waals surface area (Å²) in [4.78, 5) is 39.5. The van der Waals surface area contributed by atoms with Crippen LogP contribution in [-0.2, 0) is 14.4 Å². The average molecular weight is 338 g/mol. The maximum atomic E-state index is 12.5. The van der Waals surface area contributed by atoms with Gasteiger partial charge in [0.2, 0.25) is 17.7 Å². The van der Waals surface area contributed by atoms with Crippen LogP contribution < -0.4 is 11.1 Å². The van der Waals surface area contributed by atoms with E-state index in [9.17, 15) is 14.4 Å². The number of piperazine rings is 1. The van der Waals surface area contributed by atoms with Crippen molar-refractivity contribution in [1.82, 2.24) is 15.1 Å². The minimum Gasteiger partial charge on any atom is -0.370 e. The van der Waals surface area contributed by atoms with Gasteiger partial charge in [-0.15, -0.1) is 0 Å². The van der Waals surface area contributed by atoms with E-state index in [-0.39, 0.29) is 36.2 Å². The minimum atomic E-state index is -0.276. The fourth-order valence-corrected chi connectivity index (χ4v) is 3.54. The van der Waals surface area contributed by atoms with Gasteiger partial charge in [-0.2, -0.15) is 0 Å². The summed E-state index contributed by atoms with van der Waals surface area (Å²) in [5.41, 5.74) is 5.23. The Morgan fingerprint density at radius 2 is 1.92 bits per heavy atom. The lowest BCUT2D eigenvalue weighted by atomic mass is 9.93. The Bertz CT molecular complexity index is 472. The van der Waals surface area contributed by atoms with Crippen molar-refractivity contribution in [2.75, 3.05) is 32.7 Å². The molecule has 3 N–H and O–H groups in total. The van der Waals surface area contributed by atoms with Crippen molar-refractivity contribution in [3.63, 3.8) is 0 Å². The summed E-state index contributed by atoms with van der Waals surface area (Å²) in [5, 5.41) is 3.25. The number of amides is 3. The molecule has 0 unspecified atom stereocenters. The highest BCUT2D eigenvalue weighted by Gasteiger charge is 2.31. The Labute approximate surface area is 143 Å². The Kier molecular flexibility index (Phi) is 6.60. The van der Waals surface area contributed by atoms with Crippen molar-refractivity contribution < 1.29 is 14.4 Å². The normalized spacial score (nSPS) is 23.0. The molecule has 136 valence electrons. The molecule has 2 saturated heterocycles. The van der Waals surface area contributed by atoms with E-state index in [1.54, 1.807) is 4.90 Å². The highest BCUT2D eigenvalue weighted by Crippen LogP contribution is 2.20. The van der Waals surface area contributed by atoms with E-state index in [1.165, 1.54) is 0 Å². The van der Waals surface area contributed by atoms with Crippen LogP contribution in [0.3, 0.4) is 0 Å². The highest BCUT2D eigenvalue weighted by molar-refractivity contribution is 5.88. The number of nitrogens with two attached hydrogens (primary N) is 1. The van der Waals surface area contributed by atoms with Gasteiger partial charge in [-0.1, -0.05) is 13.8 Å². The molecule has 2 aliphatic heterocycles. The number of primary amides is 1. The molecular weight excluding hydrogens is 308 g/mol. The third-order valence-electron chi connectivity index (χ3n) is 4.87. The summed E-state index contributed by atoms with van der Waals surface area (Å²) in [6.07, 6.45) is 2.80. The van der Waals surface area contributed by atoms with Crippen LogP contribution in [0.5, 0.6) is 0 Å². The van der Waals surface area contributed by atoms with Crippen molar-refractivity contribution >= 4 is 17.7 Å². The molecule has 2 heterocycles. The largest absolute Gasteiger partial charge is 0.370 e. The standard InChI is InChI=1S/C17H30N4O3/c1-12(2)9-14-17(24)21(8-5-19-14)11-16(23)20-6-3-13(4-7-20)10-15(18)22/h12-14,19H,3-11H2,1-2H3,(H2,18,22)/t14-/m0/s1. The molecule has 0 spiro atoms. The van der Waals surface area contributed by atoms with E-state index in [0.717, 1.165) is 25.8 Å². The maximum Gasteiger partial charge on any atom is 0.242 e. The first kappa shape index (κ1) is 18.7. The third kappa shape index (κ3) is 5.19. The minimum absolute atomic E-state index is 0.00562. The number of hydrogen-bond donors (Lipinski definition) is 2. The lowest BCUT2D eigenvalue weighted by Crippen LogP contribution is -2.57. The lowest BCUT2D eigenvalue weighted by Gasteiger charge is -2.36. The van der Waals surface area contributed by atoms with Crippen LogP contribution >= 0.6 is 0 Å². The molecule has 0 radical (unpaired) electrons. The van der Waals surface area contributed by atoms with Crippen LogP contribution in [-0.4, -0.2) is 66.3 Å². The molecule has 0 aromatic heterocycles. The molecule has 0 aromatic rings. The zero-order valence-corrected chi connectivity index (χ0v) is 14.8. The quantitative estimate of drug-likeness (QED) is 0.709. The van der Waals surface area contributed by atoms with E-state index in [0.29, 0.717) is 32.0 Å². The SMILES string of the molecule is CC(C)C[C@@H]1NCCN(CC(=O)N2CCC(CC(N)=O)CC2)C1=O. The molecule has 2 rings (SSSR count). The van der Waals surface area contributed by atoms with Crippen LogP contribution in [0.1, 0.15) is 39.5 Å². The van der Waals surface area contributed by atoms with Gasteiger partial charge in [0.05, 0.1) is 12.6 Å². The van der Waals surface area contributed by atoms with Crippen molar-refractivity contribution in [2.24, 2.45) is 17.6 Å².